The number of amides is 1. The Labute approximate surface area is 102 Å². The molecule has 1 amide bonds. The normalized spacial score (nSPS) is 14.5. The van der Waals surface area contributed by atoms with E-state index in [-0.39, 0.29) is 21.3 Å². The average Bonchev–Trinajstić information content (AvgIpc) is 2.21. The standard InChI is InChI=1S/C9H10Cl2N2O3/c10-4-2-6(12)5(11)1-3(4)7(14)8(15)9(13)16/h1-2,7-8,14-15H,12H2,(H2,13,16). The molecule has 2 atom stereocenters. The number of carbonyl (C=O) groups is 1. The molecule has 0 aliphatic heterocycles. The van der Waals surface area contributed by atoms with Gasteiger partial charge in [-0.05, 0) is 12.1 Å². The van der Waals surface area contributed by atoms with Crippen molar-refractivity contribution in [3.8, 4) is 0 Å². The predicted octanol–water partition coefficient (Wildman–Crippen LogP) is 0.455. The lowest BCUT2D eigenvalue weighted by molar-refractivity contribution is -0.131. The fraction of sp³-hybridized carbons (Fsp3) is 0.222. The van der Waals surface area contributed by atoms with E-state index in [0.717, 1.165) is 0 Å². The molecular weight excluding hydrogens is 255 g/mol. The first-order chi connectivity index (χ1) is 7.34. The van der Waals surface area contributed by atoms with Gasteiger partial charge in [-0.2, -0.15) is 0 Å². The van der Waals surface area contributed by atoms with Crippen LogP contribution >= 0.6 is 23.2 Å². The van der Waals surface area contributed by atoms with Gasteiger partial charge in [-0.3, -0.25) is 4.79 Å². The van der Waals surface area contributed by atoms with Crippen LogP contribution in [0.3, 0.4) is 0 Å². The number of halogens is 2. The van der Waals surface area contributed by atoms with E-state index in [1.165, 1.54) is 12.1 Å². The van der Waals surface area contributed by atoms with Gasteiger partial charge >= 0.3 is 0 Å². The Hall–Kier alpha value is -1.01. The predicted molar refractivity (Wildman–Crippen MR) is 61.0 cm³/mol. The number of anilines is 1. The van der Waals surface area contributed by atoms with Gasteiger partial charge < -0.3 is 21.7 Å². The van der Waals surface area contributed by atoms with Crippen molar-refractivity contribution in [2.75, 3.05) is 5.73 Å². The first-order valence-corrected chi connectivity index (χ1v) is 5.00. The number of aliphatic hydroxyl groups is 2. The van der Waals surface area contributed by atoms with Gasteiger partial charge in [0.2, 0.25) is 5.91 Å². The molecule has 0 spiro atoms. The third kappa shape index (κ3) is 2.56. The molecule has 88 valence electrons. The smallest absolute Gasteiger partial charge is 0.249 e. The SMILES string of the molecule is NC(=O)C(O)C(O)c1cc(Cl)c(N)cc1Cl. The number of nitrogens with two attached hydrogens (primary N) is 2. The summed E-state index contributed by atoms with van der Waals surface area (Å²) in [5, 5.41) is 19.2. The topological polar surface area (TPSA) is 110 Å². The summed E-state index contributed by atoms with van der Waals surface area (Å²) >= 11 is 11.5. The van der Waals surface area contributed by atoms with Crippen molar-refractivity contribution in [1.82, 2.24) is 0 Å². The van der Waals surface area contributed by atoms with Crippen LogP contribution < -0.4 is 11.5 Å². The van der Waals surface area contributed by atoms with Gasteiger partial charge in [-0.1, -0.05) is 23.2 Å². The molecule has 16 heavy (non-hydrogen) atoms. The monoisotopic (exact) mass is 264 g/mol. The van der Waals surface area contributed by atoms with Crippen LogP contribution in [-0.4, -0.2) is 22.2 Å². The lowest BCUT2D eigenvalue weighted by Crippen LogP contribution is -2.34. The molecule has 0 saturated carbocycles. The highest BCUT2D eigenvalue weighted by Gasteiger charge is 2.25. The van der Waals surface area contributed by atoms with E-state index >= 15 is 0 Å². The fourth-order valence-electron chi connectivity index (χ4n) is 1.13. The zero-order valence-corrected chi connectivity index (χ0v) is 9.53. The van der Waals surface area contributed by atoms with Crippen molar-refractivity contribution in [2.45, 2.75) is 12.2 Å². The van der Waals surface area contributed by atoms with Crippen LogP contribution in [0.2, 0.25) is 10.0 Å². The molecule has 1 rings (SSSR count). The van der Waals surface area contributed by atoms with E-state index in [1.807, 2.05) is 0 Å². The first kappa shape index (κ1) is 13.1. The number of aliphatic hydroxyl groups excluding tert-OH is 2. The summed E-state index contributed by atoms with van der Waals surface area (Å²) in [6.45, 7) is 0. The van der Waals surface area contributed by atoms with Gasteiger partial charge in [0.25, 0.3) is 0 Å². The summed E-state index contributed by atoms with van der Waals surface area (Å²) in [6, 6.07) is 2.59. The van der Waals surface area contributed by atoms with Crippen LogP contribution in [0.5, 0.6) is 0 Å². The van der Waals surface area contributed by atoms with Crippen LogP contribution in [0.25, 0.3) is 0 Å². The zero-order chi connectivity index (χ0) is 12.5. The van der Waals surface area contributed by atoms with E-state index in [0.29, 0.717) is 0 Å². The van der Waals surface area contributed by atoms with E-state index in [1.54, 1.807) is 0 Å². The second-order valence-corrected chi connectivity index (χ2v) is 4.00. The maximum Gasteiger partial charge on any atom is 0.249 e. The molecule has 5 nitrogen and oxygen atoms in total. The highest BCUT2D eigenvalue weighted by atomic mass is 35.5. The van der Waals surface area contributed by atoms with Gasteiger partial charge in [0.1, 0.15) is 6.10 Å². The number of hydrogen-bond acceptors (Lipinski definition) is 4. The van der Waals surface area contributed by atoms with Gasteiger partial charge in [0, 0.05) is 10.6 Å². The minimum Gasteiger partial charge on any atom is -0.397 e. The van der Waals surface area contributed by atoms with Crippen molar-refractivity contribution < 1.29 is 15.0 Å². The Morgan fingerprint density at radius 1 is 1.25 bits per heavy atom. The lowest BCUT2D eigenvalue weighted by atomic mass is 10.0. The molecule has 0 heterocycles. The molecule has 2 unspecified atom stereocenters. The van der Waals surface area contributed by atoms with Gasteiger partial charge in [0.05, 0.1) is 10.7 Å². The van der Waals surface area contributed by atoms with Crippen molar-refractivity contribution in [2.24, 2.45) is 5.73 Å². The summed E-state index contributed by atoms with van der Waals surface area (Å²) in [5.74, 6) is -1.06. The molecule has 0 fully saturated rings. The first-order valence-electron chi connectivity index (χ1n) is 4.24. The van der Waals surface area contributed by atoms with Gasteiger partial charge in [-0.15, -0.1) is 0 Å². The molecule has 6 N–H and O–H groups in total. The van der Waals surface area contributed by atoms with E-state index in [2.05, 4.69) is 0 Å². The number of hydrogen-bond donors (Lipinski definition) is 4. The minimum absolute atomic E-state index is 0.0900. The van der Waals surface area contributed by atoms with Crippen molar-refractivity contribution in [3.05, 3.63) is 27.7 Å². The molecule has 1 aromatic carbocycles. The summed E-state index contributed by atoms with van der Waals surface area (Å²) < 4.78 is 0. The van der Waals surface area contributed by atoms with Crippen LogP contribution in [-0.2, 0) is 4.79 Å². The number of rotatable bonds is 3. The third-order valence-electron chi connectivity index (χ3n) is 2.03. The second-order valence-electron chi connectivity index (χ2n) is 3.19. The van der Waals surface area contributed by atoms with Gasteiger partial charge in [-0.25, -0.2) is 0 Å². The molecule has 0 aliphatic rings. The highest BCUT2D eigenvalue weighted by molar-refractivity contribution is 6.35. The Balaban J connectivity index is 3.13. The van der Waals surface area contributed by atoms with Crippen LogP contribution in [0, 0.1) is 0 Å². The molecular formula is C9H10Cl2N2O3. The van der Waals surface area contributed by atoms with Crippen molar-refractivity contribution >= 4 is 34.8 Å². The minimum atomic E-state index is -1.75. The average molecular weight is 265 g/mol. The second kappa shape index (κ2) is 4.88. The van der Waals surface area contributed by atoms with E-state index < -0.39 is 18.1 Å². The Bertz CT molecular complexity index is 425. The fourth-order valence-corrected chi connectivity index (χ4v) is 1.59. The number of primary amides is 1. The quantitative estimate of drug-likeness (QED) is 0.595. The van der Waals surface area contributed by atoms with Crippen molar-refractivity contribution in [1.29, 1.82) is 0 Å². The molecule has 0 radical (unpaired) electrons. The van der Waals surface area contributed by atoms with Crippen molar-refractivity contribution in [3.63, 3.8) is 0 Å². The van der Waals surface area contributed by atoms with Gasteiger partial charge in [0.15, 0.2) is 6.10 Å². The summed E-state index contributed by atoms with van der Waals surface area (Å²) in [6.07, 6.45) is -3.29. The Morgan fingerprint density at radius 3 is 2.31 bits per heavy atom. The molecule has 1 aromatic rings. The maximum absolute atomic E-state index is 10.7. The molecule has 0 saturated heterocycles. The molecule has 0 aliphatic carbocycles. The van der Waals surface area contributed by atoms with E-state index in [9.17, 15) is 15.0 Å². The summed E-state index contributed by atoms with van der Waals surface area (Å²) in [4.78, 5) is 10.7. The number of nitrogen functional groups attached to an aromatic ring is 1. The largest absolute Gasteiger partial charge is 0.397 e. The van der Waals surface area contributed by atoms with E-state index in [4.69, 9.17) is 34.7 Å². The molecule has 0 aromatic heterocycles. The van der Waals surface area contributed by atoms with Crippen LogP contribution in [0.4, 0.5) is 5.69 Å². The lowest BCUT2D eigenvalue weighted by Gasteiger charge is -2.17. The third-order valence-corrected chi connectivity index (χ3v) is 2.68. The zero-order valence-electron chi connectivity index (χ0n) is 8.02. The number of carbonyl (C=O) groups excluding carboxylic acids is 1. The molecule has 0 bridgehead atoms. The highest BCUT2D eigenvalue weighted by Crippen LogP contribution is 2.32. The maximum atomic E-state index is 10.7. The number of benzene rings is 1. The van der Waals surface area contributed by atoms with Crippen LogP contribution in [0.1, 0.15) is 11.7 Å². The van der Waals surface area contributed by atoms with Crippen LogP contribution in [0.15, 0.2) is 12.1 Å². The summed E-state index contributed by atoms with van der Waals surface area (Å²) in [7, 11) is 0. The Kier molecular flexibility index (Phi) is 3.98. The molecule has 7 heteroatoms. The Morgan fingerprint density at radius 2 is 1.81 bits per heavy atom. The summed E-state index contributed by atoms with van der Waals surface area (Å²) in [5.41, 5.74) is 10.6.